The van der Waals surface area contributed by atoms with Gasteiger partial charge in [0.1, 0.15) is 5.75 Å². The van der Waals surface area contributed by atoms with E-state index in [1.54, 1.807) is 59.2 Å². The number of sulfone groups is 1. The molecule has 0 bridgehead atoms. The van der Waals surface area contributed by atoms with Crippen LogP contribution in [0.1, 0.15) is 42.6 Å². The molecule has 0 aliphatic heterocycles. The summed E-state index contributed by atoms with van der Waals surface area (Å²) >= 11 is 0. The van der Waals surface area contributed by atoms with Crippen molar-refractivity contribution in [1.82, 2.24) is 14.5 Å². The number of ether oxygens (including phenoxy) is 1. The predicted octanol–water partition coefficient (Wildman–Crippen LogP) is 3.78. The molecular formula is C23H29N3O5S. The van der Waals surface area contributed by atoms with Crippen molar-refractivity contribution in [2.75, 3.05) is 13.7 Å². The summed E-state index contributed by atoms with van der Waals surface area (Å²) < 4.78 is 38.7. The van der Waals surface area contributed by atoms with Crippen LogP contribution in [0.2, 0.25) is 0 Å². The van der Waals surface area contributed by atoms with Gasteiger partial charge < -0.3 is 18.6 Å². The second kappa shape index (κ2) is 10.0. The molecule has 0 aliphatic carbocycles. The van der Waals surface area contributed by atoms with Gasteiger partial charge in [-0.05, 0) is 42.7 Å². The molecule has 1 amide bonds. The first-order valence-electron chi connectivity index (χ1n) is 10.5. The number of hydrogen-bond acceptors (Lipinski definition) is 6. The molecule has 0 N–H and O–H groups in total. The number of amides is 1. The van der Waals surface area contributed by atoms with Crippen LogP contribution in [0.4, 0.5) is 0 Å². The number of aromatic nitrogens is 2. The van der Waals surface area contributed by atoms with Gasteiger partial charge in [-0.2, -0.15) is 0 Å². The highest BCUT2D eigenvalue weighted by Gasteiger charge is 2.26. The van der Waals surface area contributed by atoms with Crippen LogP contribution in [0.15, 0.2) is 58.4 Å². The fourth-order valence-corrected chi connectivity index (χ4v) is 4.94. The van der Waals surface area contributed by atoms with Gasteiger partial charge in [-0.1, -0.05) is 26.0 Å². The van der Waals surface area contributed by atoms with Crippen LogP contribution in [-0.2, 0) is 28.7 Å². The molecule has 32 heavy (non-hydrogen) atoms. The van der Waals surface area contributed by atoms with Crippen molar-refractivity contribution in [2.45, 2.75) is 44.8 Å². The molecular weight excluding hydrogens is 430 g/mol. The second-order valence-corrected chi connectivity index (χ2v) is 9.83. The van der Waals surface area contributed by atoms with E-state index in [9.17, 15) is 13.2 Å². The van der Waals surface area contributed by atoms with Gasteiger partial charge in [-0.3, -0.25) is 4.79 Å². The first-order valence-corrected chi connectivity index (χ1v) is 12.1. The molecule has 0 unspecified atom stereocenters. The molecule has 1 aromatic carbocycles. The van der Waals surface area contributed by atoms with E-state index in [-0.39, 0.29) is 35.0 Å². The molecule has 2 heterocycles. The smallest absolute Gasteiger partial charge is 0.289 e. The van der Waals surface area contributed by atoms with Crippen LogP contribution in [0.5, 0.6) is 5.75 Å². The standard InChI is InChI=1S/C23H29N3O5S/c1-5-25(22(27)21-10-7-11-31-21)15-19-13-24-23(26(19)14-17(2)3)32(28,29)16-18-8-6-9-20(12-18)30-4/h6-13,17H,5,14-16H2,1-4H3. The number of imidazole rings is 1. The molecule has 0 fully saturated rings. The van der Waals surface area contributed by atoms with Crippen molar-refractivity contribution in [3.8, 4) is 5.75 Å². The van der Waals surface area contributed by atoms with E-state index < -0.39 is 9.84 Å². The highest BCUT2D eigenvalue weighted by Crippen LogP contribution is 2.22. The van der Waals surface area contributed by atoms with E-state index in [4.69, 9.17) is 9.15 Å². The Morgan fingerprint density at radius 1 is 1.25 bits per heavy atom. The molecule has 0 spiro atoms. The zero-order valence-electron chi connectivity index (χ0n) is 18.8. The Balaban J connectivity index is 1.92. The van der Waals surface area contributed by atoms with Crippen LogP contribution in [-0.4, -0.2) is 42.4 Å². The molecule has 0 atom stereocenters. The highest BCUT2D eigenvalue weighted by atomic mass is 32.2. The molecule has 172 valence electrons. The first-order chi connectivity index (χ1) is 15.2. The summed E-state index contributed by atoms with van der Waals surface area (Å²) in [4.78, 5) is 18.6. The van der Waals surface area contributed by atoms with Crippen LogP contribution in [0.3, 0.4) is 0 Å². The molecule has 0 aliphatic rings. The van der Waals surface area contributed by atoms with E-state index in [2.05, 4.69) is 4.98 Å². The number of furan rings is 1. The van der Waals surface area contributed by atoms with Crippen molar-refractivity contribution in [2.24, 2.45) is 5.92 Å². The van der Waals surface area contributed by atoms with Crippen molar-refractivity contribution >= 4 is 15.7 Å². The van der Waals surface area contributed by atoms with Gasteiger partial charge in [0.25, 0.3) is 5.91 Å². The second-order valence-electron chi connectivity index (χ2n) is 7.94. The summed E-state index contributed by atoms with van der Waals surface area (Å²) in [5.41, 5.74) is 1.28. The maximum atomic E-state index is 13.3. The van der Waals surface area contributed by atoms with E-state index in [1.165, 1.54) is 6.26 Å². The minimum absolute atomic E-state index is 0.00511. The van der Waals surface area contributed by atoms with E-state index >= 15 is 0 Å². The van der Waals surface area contributed by atoms with Gasteiger partial charge in [0.15, 0.2) is 5.76 Å². The molecule has 2 aromatic heterocycles. The van der Waals surface area contributed by atoms with Crippen molar-refractivity contribution in [3.05, 3.63) is 65.9 Å². The third-order valence-corrected chi connectivity index (χ3v) is 6.57. The normalized spacial score (nSPS) is 11.7. The quantitative estimate of drug-likeness (QED) is 0.458. The molecule has 9 heteroatoms. The third-order valence-electron chi connectivity index (χ3n) is 4.97. The summed E-state index contributed by atoms with van der Waals surface area (Å²) in [6, 6.07) is 10.2. The van der Waals surface area contributed by atoms with Crippen LogP contribution >= 0.6 is 0 Å². The zero-order valence-corrected chi connectivity index (χ0v) is 19.6. The summed E-state index contributed by atoms with van der Waals surface area (Å²) in [7, 11) is -2.18. The van der Waals surface area contributed by atoms with Gasteiger partial charge in [0.2, 0.25) is 15.0 Å². The van der Waals surface area contributed by atoms with Gasteiger partial charge in [-0.25, -0.2) is 13.4 Å². The highest BCUT2D eigenvalue weighted by molar-refractivity contribution is 7.90. The Hall–Kier alpha value is -3.07. The van der Waals surface area contributed by atoms with Gasteiger partial charge in [0, 0.05) is 13.1 Å². The zero-order chi connectivity index (χ0) is 23.3. The largest absolute Gasteiger partial charge is 0.497 e. The van der Waals surface area contributed by atoms with E-state index in [0.717, 1.165) is 0 Å². The number of benzene rings is 1. The lowest BCUT2D eigenvalue weighted by Gasteiger charge is -2.21. The summed E-state index contributed by atoms with van der Waals surface area (Å²) in [5, 5.41) is 0.00511. The fraction of sp³-hybridized carbons (Fsp3) is 0.391. The number of rotatable bonds is 10. The monoisotopic (exact) mass is 459 g/mol. The number of carbonyl (C=O) groups is 1. The maximum Gasteiger partial charge on any atom is 0.289 e. The predicted molar refractivity (Wildman–Crippen MR) is 120 cm³/mol. The third kappa shape index (κ3) is 5.40. The Morgan fingerprint density at radius 2 is 2.03 bits per heavy atom. The topological polar surface area (TPSA) is 94.6 Å². The maximum absolute atomic E-state index is 13.3. The number of hydrogen-bond donors (Lipinski definition) is 0. The average Bonchev–Trinajstić information content (AvgIpc) is 3.42. The molecule has 0 saturated carbocycles. The van der Waals surface area contributed by atoms with Gasteiger partial charge >= 0.3 is 0 Å². The number of methoxy groups -OCH3 is 1. The average molecular weight is 460 g/mol. The van der Waals surface area contributed by atoms with Crippen LogP contribution < -0.4 is 4.74 Å². The Bertz CT molecular complexity index is 1150. The molecule has 0 saturated heterocycles. The van der Waals surface area contributed by atoms with Crippen LogP contribution in [0, 0.1) is 5.92 Å². The Kier molecular flexibility index (Phi) is 7.40. The first kappa shape index (κ1) is 23.6. The minimum atomic E-state index is -3.73. The fourth-order valence-electron chi connectivity index (χ4n) is 3.45. The summed E-state index contributed by atoms with van der Waals surface area (Å²) in [5.74, 6) is 0.577. The van der Waals surface area contributed by atoms with Crippen molar-refractivity contribution in [3.63, 3.8) is 0 Å². The number of nitrogens with zero attached hydrogens (tertiary/aromatic N) is 3. The summed E-state index contributed by atoms with van der Waals surface area (Å²) in [6.07, 6.45) is 2.99. The lowest BCUT2D eigenvalue weighted by atomic mass is 10.2. The number of carbonyl (C=O) groups excluding carboxylic acids is 1. The van der Waals surface area contributed by atoms with Crippen molar-refractivity contribution < 1.29 is 22.4 Å². The minimum Gasteiger partial charge on any atom is -0.497 e. The van der Waals surface area contributed by atoms with Crippen LogP contribution in [0.25, 0.3) is 0 Å². The lowest BCUT2D eigenvalue weighted by Crippen LogP contribution is -2.31. The van der Waals surface area contributed by atoms with Crippen molar-refractivity contribution in [1.29, 1.82) is 0 Å². The van der Waals surface area contributed by atoms with Gasteiger partial charge in [0.05, 0.1) is 37.6 Å². The molecule has 8 nitrogen and oxygen atoms in total. The Labute approximate surface area is 188 Å². The molecule has 0 radical (unpaired) electrons. The Morgan fingerprint density at radius 3 is 2.66 bits per heavy atom. The summed E-state index contributed by atoms with van der Waals surface area (Å²) in [6.45, 7) is 7.02. The lowest BCUT2D eigenvalue weighted by molar-refractivity contribution is 0.0716. The van der Waals surface area contributed by atoms with Gasteiger partial charge in [-0.15, -0.1) is 0 Å². The SMILES string of the molecule is CCN(Cc1cnc(S(=O)(=O)Cc2cccc(OC)c2)n1CC(C)C)C(=O)c1ccco1. The molecule has 3 aromatic rings. The van der Waals surface area contributed by atoms with E-state index in [0.29, 0.717) is 30.1 Å². The van der Waals surface area contributed by atoms with E-state index in [1.807, 2.05) is 20.8 Å². The molecule has 3 rings (SSSR count).